The van der Waals surface area contributed by atoms with Crippen LogP contribution in [0.25, 0.3) is 10.9 Å². The number of H-pyrrole nitrogens is 1. The largest absolute Gasteiger partial charge is 0.422 e. The fraction of sp³-hybridized carbons (Fsp3) is 0.304. The number of alkyl halides is 3. The van der Waals surface area contributed by atoms with E-state index in [0.29, 0.717) is 23.5 Å². The summed E-state index contributed by atoms with van der Waals surface area (Å²) >= 11 is 0. The molecule has 0 radical (unpaired) electrons. The number of aromatic nitrogens is 1. The van der Waals surface area contributed by atoms with Crippen molar-refractivity contribution in [1.82, 2.24) is 4.98 Å². The number of halogens is 3. The topological polar surface area (TPSA) is 65.4 Å². The highest BCUT2D eigenvalue weighted by Crippen LogP contribution is 2.42. The van der Waals surface area contributed by atoms with Crippen LogP contribution in [-0.2, 0) is 6.42 Å². The van der Waals surface area contributed by atoms with Crippen LogP contribution in [0.1, 0.15) is 36.3 Å². The van der Waals surface area contributed by atoms with Crippen molar-refractivity contribution in [1.29, 1.82) is 0 Å². The molecule has 2 unspecified atom stereocenters. The molecule has 1 aliphatic rings. The third-order valence-electron chi connectivity index (χ3n) is 5.70. The number of aromatic amines is 1. The van der Waals surface area contributed by atoms with Crippen LogP contribution in [0.3, 0.4) is 0 Å². The minimum atomic E-state index is -4.87. The number of aryl methyl sites for hydroxylation is 1. The van der Waals surface area contributed by atoms with Gasteiger partial charge in [-0.15, -0.1) is 0 Å². The Hall–Kier alpha value is -2.93. The number of hydrogen-bond donors (Lipinski definition) is 2. The van der Waals surface area contributed by atoms with E-state index in [-0.39, 0.29) is 11.2 Å². The first-order chi connectivity index (χ1) is 14.3. The molecule has 4 nitrogen and oxygen atoms in total. The smallest absolute Gasteiger partial charge is 0.376 e. The van der Waals surface area contributed by atoms with Crippen molar-refractivity contribution < 1.29 is 18.3 Å². The number of hydrogen-bond acceptors (Lipinski definition) is 3. The molecule has 2 N–H and O–H groups in total. The highest BCUT2D eigenvalue weighted by molar-refractivity contribution is 5.91. The lowest BCUT2D eigenvalue weighted by atomic mass is 9.77. The van der Waals surface area contributed by atoms with Crippen LogP contribution in [0.4, 0.5) is 18.9 Å². The van der Waals surface area contributed by atoms with E-state index in [1.54, 1.807) is 18.2 Å². The summed E-state index contributed by atoms with van der Waals surface area (Å²) in [6, 6.07) is 15.0. The Bertz CT molecular complexity index is 1150. The quantitative estimate of drug-likeness (QED) is 0.588. The maximum atomic E-state index is 13.9. The van der Waals surface area contributed by atoms with Gasteiger partial charge in [-0.25, -0.2) is 0 Å². The molecule has 0 amide bonds. The molecule has 0 saturated heterocycles. The zero-order valence-corrected chi connectivity index (χ0v) is 16.1. The summed E-state index contributed by atoms with van der Waals surface area (Å²) in [4.78, 5) is 18.1. The first-order valence-corrected chi connectivity index (χ1v) is 9.81. The first kappa shape index (κ1) is 20.3. The van der Waals surface area contributed by atoms with E-state index in [9.17, 15) is 23.1 Å². The Balaban J connectivity index is 1.70. The van der Waals surface area contributed by atoms with E-state index in [4.69, 9.17) is 0 Å². The van der Waals surface area contributed by atoms with Crippen LogP contribution in [-0.4, -0.2) is 28.1 Å². The molecule has 2 atom stereocenters. The van der Waals surface area contributed by atoms with Crippen molar-refractivity contribution >= 4 is 22.8 Å². The maximum absolute atomic E-state index is 13.9. The molecule has 30 heavy (non-hydrogen) atoms. The number of benzene rings is 2. The van der Waals surface area contributed by atoms with E-state index < -0.39 is 24.1 Å². The van der Waals surface area contributed by atoms with Gasteiger partial charge in [-0.2, -0.15) is 13.2 Å². The van der Waals surface area contributed by atoms with Gasteiger partial charge in [-0.1, -0.05) is 30.3 Å². The summed E-state index contributed by atoms with van der Waals surface area (Å²) in [5.41, 5.74) is -0.765. The van der Waals surface area contributed by atoms with Crippen LogP contribution < -0.4 is 5.56 Å². The SMILES string of the molecule is O=c1ccc2c(N=CC(O)(CC3CCCc4ccccc43)C(F)(F)F)cccc2[nH]1. The number of nitrogens with zero attached hydrogens (tertiary/aromatic N) is 1. The second-order valence-electron chi connectivity index (χ2n) is 7.73. The molecule has 0 aliphatic heterocycles. The van der Waals surface area contributed by atoms with Crippen molar-refractivity contribution in [3.05, 3.63) is 76.1 Å². The van der Waals surface area contributed by atoms with Crippen molar-refractivity contribution in [2.45, 2.75) is 43.4 Å². The van der Waals surface area contributed by atoms with Crippen molar-refractivity contribution in [2.75, 3.05) is 0 Å². The summed E-state index contributed by atoms with van der Waals surface area (Å²) in [5.74, 6) is -0.406. The van der Waals surface area contributed by atoms with Gasteiger partial charge in [0.15, 0.2) is 5.60 Å². The minimum Gasteiger partial charge on any atom is -0.376 e. The highest BCUT2D eigenvalue weighted by Gasteiger charge is 2.54. The molecule has 1 aliphatic carbocycles. The molecule has 156 valence electrons. The number of rotatable bonds is 4. The monoisotopic (exact) mass is 414 g/mol. The second kappa shape index (κ2) is 7.72. The van der Waals surface area contributed by atoms with Gasteiger partial charge < -0.3 is 10.1 Å². The van der Waals surface area contributed by atoms with E-state index in [0.717, 1.165) is 24.0 Å². The third kappa shape index (κ3) is 3.89. The van der Waals surface area contributed by atoms with E-state index in [1.807, 2.05) is 24.3 Å². The second-order valence-corrected chi connectivity index (χ2v) is 7.73. The Morgan fingerprint density at radius 3 is 2.70 bits per heavy atom. The molecule has 1 heterocycles. The van der Waals surface area contributed by atoms with Crippen LogP contribution in [0.5, 0.6) is 0 Å². The molecule has 1 aromatic heterocycles. The molecule has 4 rings (SSSR count). The number of pyridine rings is 1. The fourth-order valence-corrected chi connectivity index (χ4v) is 4.14. The molecule has 7 heteroatoms. The predicted molar refractivity (Wildman–Crippen MR) is 110 cm³/mol. The molecule has 0 saturated carbocycles. The molecule has 2 aromatic carbocycles. The summed E-state index contributed by atoms with van der Waals surface area (Å²) in [6.07, 6.45) is -2.56. The Labute approximate surface area is 171 Å². The Morgan fingerprint density at radius 2 is 1.90 bits per heavy atom. The van der Waals surface area contributed by atoms with Gasteiger partial charge in [-0.3, -0.25) is 9.79 Å². The van der Waals surface area contributed by atoms with Gasteiger partial charge in [0, 0.05) is 17.7 Å². The first-order valence-electron chi connectivity index (χ1n) is 9.81. The summed E-state index contributed by atoms with van der Waals surface area (Å²) in [5, 5.41) is 11.2. The summed E-state index contributed by atoms with van der Waals surface area (Å²) in [7, 11) is 0. The van der Waals surface area contributed by atoms with Gasteiger partial charge >= 0.3 is 6.18 Å². The van der Waals surface area contributed by atoms with E-state index in [2.05, 4.69) is 9.98 Å². The molecular weight excluding hydrogens is 393 g/mol. The molecule has 0 bridgehead atoms. The summed E-state index contributed by atoms with van der Waals surface area (Å²) in [6.45, 7) is 0. The zero-order chi connectivity index (χ0) is 21.4. The lowest BCUT2D eigenvalue weighted by Crippen LogP contribution is -2.48. The van der Waals surface area contributed by atoms with Crippen LogP contribution in [0.15, 0.2) is 64.4 Å². The van der Waals surface area contributed by atoms with Crippen LogP contribution >= 0.6 is 0 Å². The Morgan fingerprint density at radius 1 is 1.10 bits per heavy atom. The maximum Gasteiger partial charge on any atom is 0.422 e. The van der Waals surface area contributed by atoms with Crippen LogP contribution in [0, 0.1) is 0 Å². The highest BCUT2D eigenvalue weighted by atomic mass is 19.4. The van der Waals surface area contributed by atoms with Gasteiger partial charge in [0.2, 0.25) is 5.56 Å². The third-order valence-corrected chi connectivity index (χ3v) is 5.70. The zero-order valence-electron chi connectivity index (χ0n) is 16.1. The fourth-order valence-electron chi connectivity index (χ4n) is 4.14. The lowest BCUT2D eigenvalue weighted by molar-refractivity contribution is -0.232. The van der Waals surface area contributed by atoms with Crippen LogP contribution in [0.2, 0.25) is 0 Å². The lowest BCUT2D eigenvalue weighted by Gasteiger charge is -2.33. The summed E-state index contributed by atoms with van der Waals surface area (Å²) < 4.78 is 41.7. The van der Waals surface area contributed by atoms with Crippen molar-refractivity contribution in [3.63, 3.8) is 0 Å². The normalized spacial score (nSPS) is 19.0. The van der Waals surface area contributed by atoms with Gasteiger partial charge in [0.1, 0.15) is 0 Å². The average molecular weight is 414 g/mol. The van der Waals surface area contributed by atoms with Gasteiger partial charge in [-0.05, 0) is 60.9 Å². The van der Waals surface area contributed by atoms with E-state index >= 15 is 0 Å². The minimum absolute atomic E-state index is 0.246. The molecule has 0 spiro atoms. The number of fused-ring (bicyclic) bond motifs is 2. The molecule has 0 fully saturated rings. The Kier molecular flexibility index (Phi) is 5.24. The molecular formula is C23H21F3N2O2. The van der Waals surface area contributed by atoms with Gasteiger partial charge in [0.05, 0.1) is 11.2 Å². The van der Waals surface area contributed by atoms with Gasteiger partial charge in [0.25, 0.3) is 0 Å². The van der Waals surface area contributed by atoms with E-state index in [1.165, 1.54) is 12.1 Å². The number of aliphatic hydroxyl groups is 1. The van der Waals surface area contributed by atoms with Crippen molar-refractivity contribution in [2.24, 2.45) is 4.99 Å². The number of aliphatic imine (C=N–C) groups is 1. The molecule has 3 aromatic rings. The predicted octanol–water partition coefficient (Wildman–Crippen LogP) is 5.03. The average Bonchev–Trinajstić information content (AvgIpc) is 2.71. The standard InChI is InChI=1S/C23H21F3N2O2/c24-23(25,26)22(30,13-16-7-3-6-15-5-1-2-8-17(15)16)14-27-19-9-4-10-20-18(19)11-12-21(29)28-20/h1-2,4-5,8-12,14,16,30H,3,6-7,13H2,(H,28,29). The number of nitrogens with one attached hydrogen (secondary N) is 1. The van der Waals surface area contributed by atoms with Crippen molar-refractivity contribution in [3.8, 4) is 0 Å².